The van der Waals surface area contributed by atoms with Crippen molar-refractivity contribution >= 4 is 11.9 Å². The first-order valence-corrected chi connectivity index (χ1v) is 8.04. The third kappa shape index (κ3) is 4.05. The highest BCUT2D eigenvalue weighted by Gasteiger charge is 2.15. The summed E-state index contributed by atoms with van der Waals surface area (Å²) in [4.78, 5) is 24.0. The van der Waals surface area contributed by atoms with Gasteiger partial charge in [-0.05, 0) is 48.4 Å². The summed E-state index contributed by atoms with van der Waals surface area (Å²) in [7, 11) is 1.55. The molecule has 1 aliphatic rings. The molecule has 1 aliphatic heterocycles. The van der Waals surface area contributed by atoms with Crippen molar-refractivity contribution in [1.29, 1.82) is 0 Å². The van der Waals surface area contributed by atoms with E-state index >= 15 is 0 Å². The van der Waals surface area contributed by atoms with Crippen molar-refractivity contribution in [2.45, 2.75) is 13.5 Å². The number of fused-ring (bicyclic) bond motifs is 1. The smallest absolute Gasteiger partial charge is 0.338 e. The molecule has 1 N–H and O–H groups in total. The maximum Gasteiger partial charge on any atom is 0.338 e. The largest absolute Gasteiger partial charge is 0.497 e. The van der Waals surface area contributed by atoms with E-state index in [1.807, 2.05) is 6.07 Å². The average molecular weight is 357 g/mol. The molecule has 0 aliphatic carbocycles. The molecule has 0 unspecified atom stereocenters. The van der Waals surface area contributed by atoms with E-state index in [9.17, 15) is 9.59 Å². The molecule has 7 nitrogen and oxygen atoms in total. The first kappa shape index (κ1) is 17.6. The normalized spacial score (nSPS) is 11.8. The Hall–Kier alpha value is -3.22. The zero-order valence-corrected chi connectivity index (χ0v) is 14.5. The molecule has 1 heterocycles. The van der Waals surface area contributed by atoms with Crippen molar-refractivity contribution in [2.75, 3.05) is 20.5 Å². The molecule has 0 spiro atoms. The van der Waals surface area contributed by atoms with E-state index in [1.165, 1.54) is 0 Å². The number of carbonyl (C=O) groups is 2. The van der Waals surface area contributed by atoms with Crippen LogP contribution in [0, 0.1) is 6.92 Å². The molecule has 136 valence electrons. The third-order valence-corrected chi connectivity index (χ3v) is 3.91. The van der Waals surface area contributed by atoms with Crippen LogP contribution in [0.15, 0.2) is 36.4 Å². The molecule has 2 aromatic carbocycles. The lowest BCUT2D eigenvalue weighted by molar-refractivity contribution is -0.124. The molecular formula is C19H19NO6. The van der Waals surface area contributed by atoms with Gasteiger partial charge in [0.2, 0.25) is 6.79 Å². The van der Waals surface area contributed by atoms with E-state index < -0.39 is 5.97 Å². The van der Waals surface area contributed by atoms with E-state index in [4.69, 9.17) is 18.9 Å². The van der Waals surface area contributed by atoms with Gasteiger partial charge in [-0.3, -0.25) is 4.79 Å². The van der Waals surface area contributed by atoms with Crippen LogP contribution in [-0.2, 0) is 16.1 Å². The zero-order chi connectivity index (χ0) is 18.5. The Balaban J connectivity index is 1.48. The summed E-state index contributed by atoms with van der Waals surface area (Å²) in [6, 6.07) is 10.4. The Morgan fingerprint density at radius 1 is 1.12 bits per heavy atom. The van der Waals surface area contributed by atoms with Crippen molar-refractivity contribution in [3.05, 3.63) is 53.1 Å². The minimum atomic E-state index is -0.552. The number of hydrogen-bond acceptors (Lipinski definition) is 6. The minimum absolute atomic E-state index is 0.200. The lowest BCUT2D eigenvalue weighted by atomic mass is 10.1. The predicted molar refractivity (Wildman–Crippen MR) is 92.4 cm³/mol. The number of aryl methyl sites for hydroxylation is 1. The molecule has 0 radical (unpaired) electrons. The molecule has 0 saturated heterocycles. The van der Waals surface area contributed by atoms with Crippen molar-refractivity contribution in [3.8, 4) is 17.2 Å². The maximum absolute atomic E-state index is 12.1. The molecule has 0 aromatic heterocycles. The van der Waals surface area contributed by atoms with Gasteiger partial charge in [0.05, 0.1) is 12.7 Å². The van der Waals surface area contributed by atoms with Gasteiger partial charge in [-0.2, -0.15) is 0 Å². The molecule has 0 bridgehead atoms. The monoisotopic (exact) mass is 357 g/mol. The fraction of sp³-hybridized carbons (Fsp3) is 0.263. The molecular weight excluding hydrogens is 338 g/mol. The lowest BCUT2D eigenvalue weighted by Gasteiger charge is -2.09. The summed E-state index contributed by atoms with van der Waals surface area (Å²) in [5, 5.41) is 2.70. The van der Waals surface area contributed by atoms with Crippen LogP contribution in [0.3, 0.4) is 0 Å². The van der Waals surface area contributed by atoms with E-state index in [1.54, 1.807) is 44.4 Å². The highest BCUT2D eigenvalue weighted by Crippen LogP contribution is 2.32. The Morgan fingerprint density at radius 2 is 1.92 bits per heavy atom. The van der Waals surface area contributed by atoms with Gasteiger partial charge in [0.1, 0.15) is 5.75 Å². The van der Waals surface area contributed by atoms with Crippen LogP contribution >= 0.6 is 0 Å². The van der Waals surface area contributed by atoms with Crippen LogP contribution in [-0.4, -0.2) is 32.4 Å². The fourth-order valence-corrected chi connectivity index (χ4v) is 2.50. The van der Waals surface area contributed by atoms with Crippen LogP contribution in [0.25, 0.3) is 0 Å². The Morgan fingerprint density at radius 3 is 2.69 bits per heavy atom. The van der Waals surface area contributed by atoms with E-state index in [0.29, 0.717) is 29.4 Å². The first-order chi connectivity index (χ1) is 12.6. The Kier molecular flexibility index (Phi) is 5.26. The molecule has 0 atom stereocenters. The summed E-state index contributed by atoms with van der Waals surface area (Å²) in [5.41, 5.74) is 1.98. The average Bonchev–Trinajstić information content (AvgIpc) is 3.12. The standard InChI is InChI=1S/C19H19NO6/c1-12-7-14(23-2)4-5-15(12)19(22)24-10-18(21)20-9-13-3-6-16-17(8-13)26-11-25-16/h3-8H,9-11H2,1-2H3,(H,20,21). The molecule has 7 heteroatoms. The Bertz CT molecular complexity index is 833. The van der Waals surface area contributed by atoms with Gasteiger partial charge in [-0.1, -0.05) is 6.07 Å². The number of rotatable bonds is 6. The van der Waals surface area contributed by atoms with Crippen molar-refractivity contribution in [2.24, 2.45) is 0 Å². The van der Waals surface area contributed by atoms with E-state index in [-0.39, 0.29) is 19.3 Å². The number of esters is 1. The lowest BCUT2D eigenvalue weighted by Crippen LogP contribution is -2.28. The van der Waals surface area contributed by atoms with Crippen LogP contribution in [0.2, 0.25) is 0 Å². The number of benzene rings is 2. The second-order valence-electron chi connectivity index (χ2n) is 5.72. The summed E-state index contributed by atoms with van der Waals surface area (Å²) < 4.78 is 20.7. The summed E-state index contributed by atoms with van der Waals surface area (Å²) in [6.45, 7) is 1.92. The molecule has 0 fully saturated rings. The first-order valence-electron chi connectivity index (χ1n) is 8.04. The van der Waals surface area contributed by atoms with Gasteiger partial charge >= 0.3 is 5.97 Å². The van der Waals surface area contributed by atoms with Crippen molar-refractivity contribution in [3.63, 3.8) is 0 Å². The Labute approximate surface area is 150 Å². The molecule has 26 heavy (non-hydrogen) atoms. The maximum atomic E-state index is 12.1. The summed E-state index contributed by atoms with van der Waals surface area (Å²) >= 11 is 0. The number of methoxy groups -OCH3 is 1. The van der Waals surface area contributed by atoms with Crippen molar-refractivity contribution in [1.82, 2.24) is 5.32 Å². The topological polar surface area (TPSA) is 83.1 Å². The number of hydrogen-bond donors (Lipinski definition) is 1. The zero-order valence-electron chi connectivity index (χ0n) is 14.5. The fourth-order valence-electron chi connectivity index (χ4n) is 2.50. The number of carbonyl (C=O) groups excluding carboxylic acids is 2. The molecule has 3 rings (SSSR count). The molecule has 0 saturated carbocycles. The van der Waals surface area contributed by atoms with E-state index in [0.717, 1.165) is 11.1 Å². The third-order valence-electron chi connectivity index (χ3n) is 3.91. The van der Waals surface area contributed by atoms with Gasteiger partial charge in [0.15, 0.2) is 18.1 Å². The number of nitrogens with one attached hydrogen (secondary N) is 1. The van der Waals surface area contributed by atoms with Gasteiger partial charge in [0, 0.05) is 6.54 Å². The van der Waals surface area contributed by atoms with Gasteiger partial charge in [-0.15, -0.1) is 0 Å². The number of amides is 1. The van der Waals surface area contributed by atoms with Crippen LogP contribution in [0.4, 0.5) is 0 Å². The number of ether oxygens (including phenoxy) is 4. The summed E-state index contributed by atoms with van der Waals surface area (Å²) in [5.74, 6) is 1.05. The van der Waals surface area contributed by atoms with Gasteiger partial charge < -0.3 is 24.3 Å². The van der Waals surface area contributed by atoms with Crippen LogP contribution in [0.5, 0.6) is 17.2 Å². The summed E-state index contributed by atoms with van der Waals surface area (Å²) in [6.07, 6.45) is 0. The van der Waals surface area contributed by atoms with Crippen LogP contribution in [0.1, 0.15) is 21.5 Å². The van der Waals surface area contributed by atoms with Crippen LogP contribution < -0.4 is 19.5 Å². The quantitative estimate of drug-likeness (QED) is 0.798. The van der Waals surface area contributed by atoms with Gasteiger partial charge in [-0.25, -0.2) is 4.79 Å². The van der Waals surface area contributed by atoms with E-state index in [2.05, 4.69) is 5.32 Å². The highest BCUT2D eigenvalue weighted by molar-refractivity contribution is 5.92. The SMILES string of the molecule is COc1ccc(C(=O)OCC(=O)NCc2ccc3c(c2)OCO3)c(C)c1. The predicted octanol–water partition coefficient (Wildman–Crippen LogP) is 2.21. The molecule has 1 amide bonds. The van der Waals surface area contributed by atoms with Gasteiger partial charge in [0.25, 0.3) is 5.91 Å². The minimum Gasteiger partial charge on any atom is -0.497 e. The second kappa shape index (κ2) is 7.77. The molecule has 2 aromatic rings. The van der Waals surface area contributed by atoms with Crippen molar-refractivity contribution < 1.29 is 28.5 Å². The highest BCUT2D eigenvalue weighted by atomic mass is 16.7. The second-order valence-corrected chi connectivity index (χ2v) is 5.72.